The molecule has 2 heterocycles. The minimum Gasteiger partial charge on any atom is -0.399 e. The van der Waals surface area contributed by atoms with Crippen molar-refractivity contribution in [1.82, 2.24) is 15.0 Å². The van der Waals surface area contributed by atoms with Gasteiger partial charge in [-0.2, -0.15) is 0 Å². The highest BCUT2D eigenvalue weighted by Crippen LogP contribution is 2.25. The molecular formula is C13H12ClN5. The van der Waals surface area contributed by atoms with Gasteiger partial charge in [0, 0.05) is 23.3 Å². The predicted octanol–water partition coefficient (Wildman–Crippen LogP) is 2.90. The van der Waals surface area contributed by atoms with E-state index >= 15 is 0 Å². The second-order valence-electron chi connectivity index (χ2n) is 4.18. The summed E-state index contributed by atoms with van der Waals surface area (Å²) in [5, 5.41) is 3.56. The largest absolute Gasteiger partial charge is 0.399 e. The third kappa shape index (κ3) is 2.20. The minimum absolute atomic E-state index is 0.583. The van der Waals surface area contributed by atoms with E-state index in [9.17, 15) is 0 Å². The topological polar surface area (TPSA) is 79.6 Å². The molecule has 0 aliphatic rings. The fraction of sp³-hybridized carbons (Fsp3) is 0.0769. The summed E-state index contributed by atoms with van der Waals surface area (Å²) in [6, 6.07) is 9.15. The molecule has 0 saturated heterocycles. The lowest BCUT2D eigenvalue weighted by Gasteiger charge is -1.99. The first kappa shape index (κ1) is 11.8. The van der Waals surface area contributed by atoms with Crippen LogP contribution in [0.4, 0.5) is 11.5 Å². The van der Waals surface area contributed by atoms with E-state index < -0.39 is 0 Å². The van der Waals surface area contributed by atoms with E-state index in [1.807, 2.05) is 31.3 Å². The average Bonchev–Trinajstić information content (AvgIpc) is 2.80. The number of rotatable bonds is 2. The monoisotopic (exact) mass is 273 g/mol. The molecule has 0 fully saturated rings. The number of aromatic amines is 1. The Hall–Kier alpha value is -2.27. The third-order valence-corrected chi connectivity index (χ3v) is 3.01. The third-order valence-electron chi connectivity index (χ3n) is 2.80. The molecule has 0 saturated carbocycles. The zero-order valence-corrected chi connectivity index (χ0v) is 11.0. The second-order valence-corrected chi connectivity index (χ2v) is 4.61. The van der Waals surface area contributed by atoms with Gasteiger partial charge in [0.05, 0.1) is 5.52 Å². The molecule has 96 valence electrons. The number of nitrogens with two attached hydrogens (primary N) is 1. The molecule has 4 N–H and O–H groups in total. The number of pyridine rings is 1. The Morgan fingerprint density at radius 3 is 2.79 bits per heavy atom. The maximum Gasteiger partial charge on any atom is 0.180 e. The number of nitrogen functional groups attached to an aromatic ring is 1. The number of anilines is 2. The Balaban J connectivity index is 2.14. The first-order chi connectivity index (χ1) is 9.15. The highest BCUT2D eigenvalue weighted by Gasteiger charge is 2.08. The number of imidazole rings is 1. The van der Waals surface area contributed by atoms with E-state index in [-0.39, 0.29) is 0 Å². The number of H-pyrrole nitrogens is 1. The smallest absolute Gasteiger partial charge is 0.180 e. The van der Waals surface area contributed by atoms with Gasteiger partial charge in [0.15, 0.2) is 5.65 Å². The summed E-state index contributed by atoms with van der Waals surface area (Å²) < 4.78 is 0. The normalized spacial score (nSPS) is 10.8. The van der Waals surface area contributed by atoms with Crippen molar-refractivity contribution in [3.8, 4) is 11.4 Å². The molecule has 0 spiro atoms. The van der Waals surface area contributed by atoms with Crippen LogP contribution in [0.5, 0.6) is 0 Å². The van der Waals surface area contributed by atoms with E-state index in [1.54, 1.807) is 6.07 Å². The van der Waals surface area contributed by atoms with Crippen LogP contribution >= 0.6 is 11.6 Å². The van der Waals surface area contributed by atoms with E-state index in [2.05, 4.69) is 20.3 Å². The Morgan fingerprint density at radius 1 is 1.21 bits per heavy atom. The van der Waals surface area contributed by atoms with E-state index in [1.165, 1.54) is 0 Å². The predicted molar refractivity (Wildman–Crippen MR) is 78.3 cm³/mol. The number of benzene rings is 1. The van der Waals surface area contributed by atoms with Crippen LogP contribution in [0.3, 0.4) is 0 Å². The first-order valence-corrected chi connectivity index (χ1v) is 6.14. The molecule has 1 aromatic carbocycles. The fourth-order valence-corrected chi connectivity index (χ4v) is 2.16. The zero-order chi connectivity index (χ0) is 13.4. The zero-order valence-electron chi connectivity index (χ0n) is 10.2. The van der Waals surface area contributed by atoms with E-state index in [4.69, 9.17) is 17.3 Å². The van der Waals surface area contributed by atoms with Gasteiger partial charge >= 0.3 is 0 Å². The highest BCUT2D eigenvalue weighted by atomic mass is 35.5. The number of hydrogen-bond donors (Lipinski definition) is 3. The van der Waals surface area contributed by atoms with Crippen LogP contribution in [0.25, 0.3) is 22.6 Å². The lowest BCUT2D eigenvalue weighted by Crippen LogP contribution is -1.91. The van der Waals surface area contributed by atoms with Gasteiger partial charge in [0.1, 0.15) is 11.6 Å². The maximum atomic E-state index is 6.00. The van der Waals surface area contributed by atoms with Crippen molar-refractivity contribution in [3.63, 3.8) is 0 Å². The number of hydrogen-bond acceptors (Lipinski definition) is 4. The quantitative estimate of drug-likeness (QED) is 0.627. The Bertz CT molecular complexity index is 730. The van der Waals surface area contributed by atoms with E-state index in [0.29, 0.717) is 22.2 Å². The Labute approximate surface area is 114 Å². The van der Waals surface area contributed by atoms with Crippen molar-refractivity contribution in [3.05, 3.63) is 35.4 Å². The summed E-state index contributed by atoms with van der Waals surface area (Å²) in [7, 11) is 1.82. The van der Waals surface area contributed by atoms with Crippen molar-refractivity contribution in [2.75, 3.05) is 18.1 Å². The summed E-state index contributed by atoms with van der Waals surface area (Å²) in [5.41, 5.74) is 8.75. The van der Waals surface area contributed by atoms with Crippen molar-refractivity contribution in [1.29, 1.82) is 0 Å². The van der Waals surface area contributed by atoms with Gasteiger partial charge in [-0.1, -0.05) is 11.6 Å². The van der Waals surface area contributed by atoms with Crippen molar-refractivity contribution in [2.24, 2.45) is 0 Å². The standard InChI is InChI=1S/C13H12ClN5/c1-16-11-3-2-10-13(18-11)19-12(17-10)7-4-8(14)6-9(15)5-7/h2-6H,15H2,1H3,(H2,16,17,18,19). The summed E-state index contributed by atoms with van der Waals surface area (Å²) in [4.78, 5) is 12.0. The molecule has 0 radical (unpaired) electrons. The molecule has 3 aromatic rings. The molecule has 6 heteroatoms. The van der Waals surface area contributed by atoms with Gasteiger partial charge in [0.25, 0.3) is 0 Å². The van der Waals surface area contributed by atoms with Crippen LogP contribution in [0, 0.1) is 0 Å². The first-order valence-electron chi connectivity index (χ1n) is 5.76. The lowest BCUT2D eigenvalue weighted by atomic mass is 10.2. The minimum atomic E-state index is 0.583. The van der Waals surface area contributed by atoms with Gasteiger partial charge in [-0.25, -0.2) is 9.97 Å². The van der Waals surface area contributed by atoms with Crippen LogP contribution in [0.1, 0.15) is 0 Å². The summed E-state index contributed by atoms with van der Waals surface area (Å²) in [6.45, 7) is 0. The second kappa shape index (κ2) is 4.44. The van der Waals surface area contributed by atoms with Gasteiger partial charge in [-0.3, -0.25) is 0 Å². The van der Waals surface area contributed by atoms with Gasteiger partial charge in [-0.15, -0.1) is 0 Å². The molecule has 0 bridgehead atoms. The molecule has 0 aliphatic carbocycles. The van der Waals surface area contributed by atoms with Crippen molar-refractivity contribution in [2.45, 2.75) is 0 Å². The van der Waals surface area contributed by atoms with Crippen molar-refractivity contribution < 1.29 is 0 Å². The number of nitrogens with one attached hydrogen (secondary N) is 2. The molecule has 5 nitrogen and oxygen atoms in total. The molecule has 0 unspecified atom stereocenters. The molecule has 19 heavy (non-hydrogen) atoms. The highest BCUT2D eigenvalue weighted by molar-refractivity contribution is 6.31. The lowest BCUT2D eigenvalue weighted by molar-refractivity contribution is 1.28. The Morgan fingerprint density at radius 2 is 2.05 bits per heavy atom. The van der Waals surface area contributed by atoms with Crippen molar-refractivity contribution >= 4 is 34.3 Å². The van der Waals surface area contributed by atoms with Gasteiger partial charge in [-0.05, 0) is 30.3 Å². The summed E-state index contributed by atoms with van der Waals surface area (Å²) >= 11 is 6.00. The molecule has 0 amide bonds. The summed E-state index contributed by atoms with van der Waals surface area (Å²) in [6.07, 6.45) is 0. The number of nitrogens with zero attached hydrogens (tertiary/aromatic N) is 2. The van der Waals surface area contributed by atoms with Gasteiger partial charge < -0.3 is 16.0 Å². The maximum absolute atomic E-state index is 6.00. The van der Waals surface area contributed by atoms with Gasteiger partial charge in [0.2, 0.25) is 0 Å². The van der Waals surface area contributed by atoms with Crippen LogP contribution in [-0.4, -0.2) is 22.0 Å². The Kier molecular flexibility index (Phi) is 2.76. The number of halogens is 1. The molecule has 0 aliphatic heterocycles. The number of aromatic nitrogens is 3. The molecule has 2 aromatic heterocycles. The average molecular weight is 274 g/mol. The summed E-state index contributed by atoms with van der Waals surface area (Å²) in [5.74, 6) is 1.47. The number of fused-ring (bicyclic) bond motifs is 1. The van der Waals surface area contributed by atoms with E-state index in [0.717, 1.165) is 16.9 Å². The SMILES string of the molecule is CNc1ccc2[nH]c(-c3cc(N)cc(Cl)c3)nc2n1. The molecule has 0 atom stereocenters. The molecular weight excluding hydrogens is 262 g/mol. The van der Waals surface area contributed by atoms with Crippen LogP contribution < -0.4 is 11.1 Å². The molecule has 3 rings (SSSR count). The van der Waals surface area contributed by atoms with Crippen LogP contribution in [0.2, 0.25) is 5.02 Å². The fourth-order valence-electron chi connectivity index (χ4n) is 1.92. The van der Waals surface area contributed by atoms with Crippen LogP contribution in [0.15, 0.2) is 30.3 Å². The van der Waals surface area contributed by atoms with Crippen LogP contribution in [-0.2, 0) is 0 Å².